The Labute approximate surface area is 204 Å². The van der Waals surface area contributed by atoms with Crippen LogP contribution in [0.4, 0.5) is 5.69 Å². The van der Waals surface area contributed by atoms with Gasteiger partial charge >= 0.3 is 0 Å². The second-order valence-corrected chi connectivity index (χ2v) is 9.09. The Morgan fingerprint density at radius 1 is 0.800 bits per heavy atom. The first kappa shape index (κ1) is 20.9. The largest absolute Gasteiger partial charge is 0.351 e. The Bertz CT molecular complexity index is 1550. The molecule has 0 aromatic heterocycles. The van der Waals surface area contributed by atoms with Crippen molar-refractivity contribution in [1.82, 2.24) is 0 Å². The van der Waals surface area contributed by atoms with Crippen molar-refractivity contribution in [1.29, 1.82) is 10.5 Å². The number of rotatable bonds is 3. The van der Waals surface area contributed by atoms with E-state index in [-0.39, 0.29) is 5.78 Å². The van der Waals surface area contributed by atoms with E-state index in [2.05, 4.69) is 24.3 Å². The number of hydrogen-bond acceptors (Lipinski definition) is 4. The highest BCUT2D eigenvalue weighted by Gasteiger charge is 2.63. The van der Waals surface area contributed by atoms with E-state index < -0.39 is 23.4 Å². The van der Waals surface area contributed by atoms with Crippen LogP contribution < -0.4 is 4.90 Å². The molecule has 0 aliphatic carbocycles. The van der Waals surface area contributed by atoms with Crippen molar-refractivity contribution in [3.63, 3.8) is 0 Å². The predicted molar refractivity (Wildman–Crippen MR) is 137 cm³/mol. The van der Waals surface area contributed by atoms with Gasteiger partial charge in [-0.15, -0.1) is 0 Å². The molecule has 35 heavy (non-hydrogen) atoms. The monoisotopic (exact) mass is 451 g/mol. The predicted octanol–water partition coefficient (Wildman–Crippen LogP) is 6.12. The van der Waals surface area contributed by atoms with Gasteiger partial charge in [-0.3, -0.25) is 4.79 Å². The molecule has 4 aromatic carbocycles. The maximum Gasteiger partial charge on any atom is 0.185 e. The molecule has 0 spiro atoms. The SMILES string of the molecule is N#CC1(C#N)[C@H](c2ccccc2)[C@H](C(=O)c2ccccc2)N2c3ccc4ccccc4c3C=C[C@H]21. The van der Waals surface area contributed by atoms with Crippen LogP contribution in [0.5, 0.6) is 0 Å². The van der Waals surface area contributed by atoms with Crippen LogP contribution >= 0.6 is 0 Å². The highest BCUT2D eigenvalue weighted by Crippen LogP contribution is 2.56. The number of nitriles is 2. The van der Waals surface area contributed by atoms with Crippen LogP contribution in [0.2, 0.25) is 0 Å². The normalized spacial score (nSPS) is 21.5. The zero-order valence-corrected chi connectivity index (χ0v) is 18.9. The number of ketones is 1. The maximum atomic E-state index is 14.2. The van der Waals surface area contributed by atoms with Crippen LogP contribution in [0.25, 0.3) is 16.8 Å². The lowest BCUT2D eigenvalue weighted by Crippen LogP contribution is -2.44. The van der Waals surface area contributed by atoms with Gasteiger partial charge in [0.1, 0.15) is 6.04 Å². The van der Waals surface area contributed by atoms with Crippen molar-refractivity contribution in [3.8, 4) is 12.1 Å². The zero-order chi connectivity index (χ0) is 24.0. The molecule has 0 saturated carbocycles. The molecule has 0 unspecified atom stereocenters. The van der Waals surface area contributed by atoms with E-state index in [4.69, 9.17) is 0 Å². The van der Waals surface area contributed by atoms with E-state index in [1.165, 1.54) is 0 Å². The van der Waals surface area contributed by atoms with E-state index in [1.807, 2.05) is 89.8 Å². The second kappa shape index (κ2) is 7.97. The van der Waals surface area contributed by atoms with Crippen LogP contribution in [0.15, 0.2) is 103 Å². The number of carbonyl (C=O) groups excluding carboxylic acids is 1. The van der Waals surface area contributed by atoms with Gasteiger partial charge in [0.15, 0.2) is 11.2 Å². The van der Waals surface area contributed by atoms with Gasteiger partial charge in [-0.25, -0.2) is 0 Å². The lowest BCUT2D eigenvalue weighted by Gasteiger charge is -2.36. The summed E-state index contributed by atoms with van der Waals surface area (Å²) in [6.07, 6.45) is 3.95. The number of fused-ring (bicyclic) bond motifs is 5. The molecular weight excluding hydrogens is 430 g/mol. The third kappa shape index (κ3) is 2.94. The Hall–Kier alpha value is -4.67. The van der Waals surface area contributed by atoms with Crippen molar-refractivity contribution in [2.45, 2.75) is 18.0 Å². The minimum absolute atomic E-state index is 0.0914. The minimum atomic E-state index is -1.43. The van der Waals surface area contributed by atoms with Crippen molar-refractivity contribution < 1.29 is 4.79 Å². The van der Waals surface area contributed by atoms with E-state index in [0.717, 1.165) is 27.6 Å². The first-order chi connectivity index (χ1) is 17.2. The van der Waals surface area contributed by atoms with E-state index in [1.54, 1.807) is 12.1 Å². The van der Waals surface area contributed by atoms with Crippen molar-refractivity contribution in [2.24, 2.45) is 5.41 Å². The Kier molecular flexibility index (Phi) is 4.76. The van der Waals surface area contributed by atoms with Crippen LogP contribution in [-0.2, 0) is 0 Å². The first-order valence-corrected chi connectivity index (χ1v) is 11.6. The smallest absolute Gasteiger partial charge is 0.185 e. The number of benzene rings is 4. The molecule has 2 heterocycles. The van der Waals surface area contributed by atoms with E-state index in [0.29, 0.717) is 5.56 Å². The summed E-state index contributed by atoms with van der Waals surface area (Å²) in [7, 11) is 0. The summed E-state index contributed by atoms with van der Waals surface area (Å²) in [4.78, 5) is 16.2. The summed E-state index contributed by atoms with van der Waals surface area (Å²) < 4.78 is 0. The molecule has 6 rings (SSSR count). The molecular formula is C31H21N3O. The maximum absolute atomic E-state index is 14.2. The molecule has 3 atom stereocenters. The van der Waals surface area contributed by atoms with Crippen molar-refractivity contribution in [2.75, 3.05) is 4.90 Å². The highest BCUT2D eigenvalue weighted by molar-refractivity contribution is 6.06. The van der Waals surface area contributed by atoms with Gasteiger partial charge in [-0.2, -0.15) is 10.5 Å². The lowest BCUT2D eigenvalue weighted by atomic mass is 9.69. The molecule has 0 radical (unpaired) electrons. The summed E-state index contributed by atoms with van der Waals surface area (Å²) in [6.45, 7) is 0. The Morgan fingerprint density at radius 3 is 2.17 bits per heavy atom. The summed E-state index contributed by atoms with van der Waals surface area (Å²) in [5.41, 5.74) is 1.83. The van der Waals surface area contributed by atoms with E-state index >= 15 is 0 Å². The fraction of sp³-hybridized carbons (Fsp3) is 0.129. The van der Waals surface area contributed by atoms with Gasteiger partial charge in [0.05, 0.1) is 18.2 Å². The van der Waals surface area contributed by atoms with E-state index in [9.17, 15) is 15.3 Å². The quantitative estimate of drug-likeness (QED) is 0.352. The average molecular weight is 452 g/mol. The van der Waals surface area contributed by atoms with Gasteiger partial charge in [-0.05, 0) is 22.4 Å². The first-order valence-electron chi connectivity index (χ1n) is 11.6. The summed E-state index contributed by atoms with van der Waals surface area (Å²) in [5.74, 6) is -0.718. The van der Waals surface area contributed by atoms with Gasteiger partial charge in [0, 0.05) is 22.7 Å². The van der Waals surface area contributed by atoms with Crippen LogP contribution in [0.3, 0.4) is 0 Å². The zero-order valence-electron chi connectivity index (χ0n) is 18.9. The molecule has 4 heteroatoms. The van der Waals surface area contributed by atoms with Crippen molar-refractivity contribution >= 4 is 28.3 Å². The second-order valence-electron chi connectivity index (χ2n) is 9.09. The van der Waals surface area contributed by atoms with Gasteiger partial charge in [0.25, 0.3) is 0 Å². The highest BCUT2D eigenvalue weighted by atomic mass is 16.1. The van der Waals surface area contributed by atoms with Crippen molar-refractivity contribution in [3.05, 3.63) is 120 Å². The third-order valence-corrected chi connectivity index (χ3v) is 7.40. The van der Waals surface area contributed by atoms with Crippen LogP contribution in [0, 0.1) is 28.1 Å². The molecule has 4 nitrogen and oxygen atoms in total. The number of nitrogens with zero attached hydrogens (tertiary/aromatic N) is 3. The molecule has 166 valence electrons. The standard InChI is InChI=1S/C31H21N3O/c32-19-31(20-33)27-18-16-25-24-14-8-7-9-21(24)15-17-26(25)34(27)29(28(31)22-10-3-1-4-11-22)30(35)23-12-5-2-6-13-23/h1-18,27-29H/t27-,28+,29+/m0/s1. The average Bonchev–Trinajstić information content (AvgIpc) is 3.24. The minimum Gasteiger partial charge on any atom is -0.351 e. The summed E-state index contributed by atoms with van der Waals surface area (Å²) in [5, 5.41) is 23.2. The Balaban J connectivity index is 1.65. The van der Waals surface area contributed by atoms with Gasteiger partial charge in [-0.1, -0.05) is 103 Å². The van der Waals surface area contributed by atoms with Crippen LogP contribution in [0.1, 0.15) is 27.4 Å². The topological polar surface area (TPSA) is 67.9 Å². The molecule has 0 amide bonds. The fourth-order valence-corrected chi connectivity index (χ4v) is 5.85. The summed E-state index contributed by atoms with van der Waals surface area (Å²) in [6, 6.07) is 34.4. The molecule has 0 N–H and O–H groups in total. The van der Waals surface area contributed by atoms with Gasteiger partial charge in [0.2, 0.25) is 0 Å². The fourth-order valence-electron chi connectivity index (χ4n) is 5.85. The lowest BCUT2D eigenvalue weighted by molar-refractivity contribution is 0.0951. The molecule has 0 bridgehead atoms. The Morgan fingerprint density at radius 2 is 1.46 bits per heavy atom. The molecule has 1 saturated heterocycles. The van der Waals surface area contributed by atoms with Crippen LogP contribution in [-0.4, -0.2) is 17.9 Å². The summed E-state index contributed by atoms with van der Waals surface area (Å²) >= 11 is 0. The van der Waals surface area contributed by atoms with Gasteiger partial charge < -0.3 is 4.90 Å². The number of anilines is 1. The molecule has 2 aliphatic heterocycles. The molecule has 2 aliphatic rings. The number of Topliss-reactive ketones (excluding diaryl/α,β-unsaturated/α-hetero) is 1. The molecule has 4 aromatic rings. The third-order valence-electron chi connectivity index (χ3n) is 7.40. The molecule has 1 fully saturated rings. The number of hydrogen-bond donors (Lipinski definition) is 0. The number of carbonyl (C=O) groups is 1.